The van der Waals surface area contributed by atoms with Crippen molar-refractivity contribution < 1.29 is 19.7 Å². The Morgan fingerprint density at radius 3 is 2.68 bits per heavy atom. The topological polar surface area (TPSA) is 70.0 Å². The predicted octanol–water partition coefficient (Wildman–Crippen LogP) is 2.23. The number of ether oxygens (including phenoxy) is 1. The molecule has 0 radical (unpaired) electrons. The molecule has 1 fully saturated rings. The molecule has 1 saturated heterocycles. The average molecular weight is 265 g/mol. The summed E-state index contributed by atoms with van der Waals surface area (Å²) in [7, 11) is 0. The van der Waals surface area contributed by atoms with Gasteiger partial charge in [-0.2, -0.15) is 0 Å². The number of hydrogen-bond acceptors (Lipinski definition) is 3. The third-order valence-electron chi connectivity index (χ3n) is 3.46. The Hall–Kier alpha value is -1.59. The van der Waals surface area contributed by atoms with E-state index in [-0.39, 0.29) is 6.04 Å². The van der Waals surface area contributed by atoms with Gasteiger partial charge in [-0.05, 0) is 19.4 Å². The van der Waals surface area contributed by atoms with Crippen LogP contribution in [0, 0.1) is 0 Å². The molecule has 0 spiro atoms. The number of benzene rings is 1. The van der Waals surface area contributed by atoms with Gasteiger partial charge in [0.25, 0.3) is 0 Å². The van der Waals surface area contributed by atoms with Gasteiger partial charge in [-0.25, -0.2) is 4.79 Å². The van der Waals surface area contributed by atoms with Gasteiger partial charge in [0.05, 0.1) is 18.8 Å². The number of carbonyl (C=O) groups is 1. The lowest BCUT2D eigenvalue weighted by Gasteiger charge is -2.31. The number of nitrogens with zero attached hydrogens (tertiary/aromatic N) is 1. The highest BCUT2D eigenvalue weighted by molar-refractivity contribution is 5.66. The van der Waals surface area contributed by atoms with E-state index in [2.05, 4.69) is 0 Å². The molecule has 1 heterocycles. The van der Waals surface area contributed by atoms with Gasteiger partial charge in [0.15, 0.2) is 0 Å². The first kappa shape index (κ1) is 13.8. The van der Waals surface area contributed by atoms with Gasteiger partial charge in [0.1, 0.15) is 5.72 Å². The van der Waals surface area contributed by atoms with Crippen LogP contribution < -0.4 is 0 Å². The molecular weight excluding hydrogens is 246 g/mol. The monoisotopic (exact) mass is 265 g/mol. The summed E-state index contributed by atoms with van der Waals surface area (Å²) in [5.41, 5.74) is -0.0510. The molecule has 5 heteroatoms. The van der Waals surface area contributed by atoms with Crippen LogP contribution in [0.2, 0.25) is 0 Å². The van der Waals surface area contributed by atoms with E-state index in [1.54, 1.807) is 13.8 Å². The highest BCUT2D eigenvalue weighted by Gasteiger charge is 2.44. The molecule has 1 aliphatic rings. The maximum absolute atomic E-state index is 11.3. The molecule has 2 atom stereocenters. The van der Waals surface area contributed by atoms with E-state index in [1.165, 1.54) is 4.90 Å². The summed E-state index contributed by atoms with van der Waals surface area (Å²) in [5.74, 6) is 0. The quantitative estimate of drug-likeness (QED) is 0.879. The normalized spacial score (nSPS) is 23.3. The molecule has 2 rings (SSSR count). The van der Waals surface area contributed by atoms with Gasteiger partial charge in [-0.15, -0.1) is 0 Å². The summed E-state index contributed by atoms with van der Waals surface area (Å²) >= 11 is 0. The second-order valence-electron chi connectivity index (χ2n) is 5.23. The Kier molecular flexibility index (Phi) is 3.78. The number of aliphatic hydroxyl groups excluding tert-OH is 1. The number of carboxylic acid groups (broad SMARTS) is 1. The van der Waals surface area contributed by atoms with Crippen LogP contribution in [-0.2, 0) is 4.74 Å². The first-order valence-electron chi connectivity index (χ1n) is 6.31. The van der Waals surface area contributed by atoms with Crippen molar-refractivity contribution in [1.82, 2.24) is 4.90 Å². The van der Waals surface area contributed by atoms with E-state index < -0.39 is 17.9 Å². The first-order valence-corrected chi connectivity index (χ1v) is 6.31. The summed E-state index contributed by atoms with van der Waals surface area (Å²) in [6, 6.07) is 8.91. The first-order chi connectivity index (χ1) is 8.92. The summed E-state index contributed by atoms with van der Waals surface area (Å²) < 4.78 is 5.50. The number of aliphatic hydroxyl groups is 1. The van der Waals surface area contributed by atoms with E-state index in [0.717, 1.165) is 5.56 Å². The lowest BCUT2D eigenvalue weighted by molar-refractivity contribution is -0.0430. The fourth-order valence-corrected chi connectivity index (χ4v) is 2.51. The molecule has 104 valence electrons. The number of rotatable bonds is 3. The van der Waals surface area contributed by atoms with Crippen molar-refractivity contribution in [2.75, 3.05) is 6.61 Å². The lowest BCUT2D eigenvalue weighted by Crippen LogP contribution is -2.47. The molecule has 0 unspecified atom stereocenters. The van der Waals surface area contributed by atoms with Crippen LogP contribution in [0.1, 0.15) is 31.9 Å². The van der Waals surface area contributed by atoms with Gasteiger partial charge in [-0.1, -0.05) is 30.3 Å². The molecular formula is C14H19NO4. The standard InChI is InChI=1S/C14H19NO4/c1-14(2)15(13(17)18)11(9-19-14)8-12(16)10-6-4-3-5-7-10/h3-7,11-12,16H,8-9H2,1-2H3,(H,17,18)/t11-,12-/m0/s1. The summed E-state index contributed by atoms with van der Waals surface area (Å²) in [6.45, 7) is 3.75. The van der Waals surface area contributed by atoms with Crippen molar-refractivity contribution in [3.05, 3.63) is 35.9 Å². The van der Waals surface area contributed by atoms with Crippen molar-refractivity contribution in [1.29, 1.82) is 0 Å². The van der Waals surface area contributed by atoms with Crippen LogP contribution in [0.5, 0.6) is 0 Å². The van der Waals surface area contributed by atoms with Crippen LogP contribution >= 0.6 is 0 Å². The van der Waals surface area contributed by atoms with Crippen molar-refractivity contribution >= 4 is 6.09 Å². The van der Waals surface area contributed by atoms with E-state index in [4.69, 9.17) is 4.74 Å². The Bertz CT molecular complexity index is 446. The number of hydrogen-bond donors (Lipinski definition) is 2. The molecule has 1 aliphatic heterocycles. The molecule has 0 aromatic heterocycles. The maximum atomic E-state index is 11.3. The molecule has 1 amide bonds. The Morgan fingerprint density at radius 2 is 2.11 bits per heavy atom. The van der Waals surface area contributed by atoms with Crippen molar-refractivity contribution in [2.45, 2.75) is 38.1 Å². The minimum Gasteiger partial charge on any atom is -0.465 e. The Balaban J connectivity index is 2.09. The Labute approximate surface area is 112 Å². The van der Waals surface area contributed by atoms with Crippen LogP contribution in [-0.4, -0.2) is 39.6 Å². The third-order valence-corrected chi connectivity index (χ3v) is 3.46. The molecule has 0 saturated carbocycles. The van der Waals surface area contributed by atoms with E-state index in [1.807, 2.05) is 30.3 Å². The van der Waals surface area contributed by atoms with E-state index in [9.17, 15) is 15.0 Å². The molecule has 0 aliphatic carbocycles. The second kappa shape index (κ2) is 5.19. The van der Waals surface area contributed by atoms with Crippen LogP contribution in [0.25, 0.3) is 0 Å². The zero-order valence-corrected chi connectivity index (χ0v) is 11.1. The van der Waals surface area contributed by atoms with Crippen molar-refractivity contribution in [2.24, 2.45) is 0 Å². The highest BCUT2D eigenvalue weighted by Crippen LogP contribution is 2.32. The molecule has 1 aromatic carbocycles. The second-order valence-corrected chi connectivity index (χ2v) is 5.23. The molecule has 0 bridgehead atoms. The Morgan fingerprint density at radius 1 is 1.47 bits per heavy atom. The van der Waals surface area contributed by atoms with Crippen LogP contribution in [0.4, 0.5) is 4.79 Å². The van der Waals surface area contributed by atoms with Gasteiger partial charge >= 0.3 is 6.09 Å². The van der Waals surface area contributed by atoms with Crippen molar-refractivity contribution in [3.8, 4) is 0 Å². The van der Waals surface area contributed by atoms with Gasteiger partial charge < -0.3 is 14.9 Å². The summed E-state index contributed by atoms with van der Waals surface area (Å²) in [5, 5.41) is 19.4. The fourth-order valence-electron chi connectivity index (χ4n) is 2.51. The van der Waals surface area contributed by atoms with Gasteiger partial charge in [0, 0.05) is 6.42 Å². The van der Waals surface area contributed by atoms with E-state index >= 15 is 0 Å². The predicted molar refractivity (Wildman–Crippen MR) is 69.7 cm³/mol. The largest absolute Gasteiger partial charge is 0.465 e. The lowest BCUT2D eigenvalue weighted by atomic mass is 10.0. The zero-order valence-electron chi connectivity index (χ0n) is 11.1. The highest BCUT2D eigenvalue weighted by atomic mass is 16.5. The summed E-state index contributed by atoms with van der Waals surface area (Å²) in [4.78, 5) is 12.6. The molecule has 1 aromatic rings. The summed E-state index contributed by atoms with van der Waals surface area (Å²) in [6.07, 6.45) is -1.38. The SMILES string of the molecule is CC1(C)OC[C@H](C[C@H](O)c2ccccc2)N1C(=O)O. The minimum atomic E-state index is -1.02. The van der Waals surface area contributed by atoms with Gasteiger partial charge in [0.2, 0.25) is 0 Å². The van der Waals surface area contributed by atoms with E-state index in [0.29, 0.717) is 13.0 Å². The minimum absolute atomic E-state index is 0.309. The maximum Gasteiger partial charge on any atom is 0.409 e. The number of amides is 1. The molecule has 2 N–H and O–H groups in total. The third kappa shape index (κ3) is 2.88. The fraction of sp³-hybridized carbons (Fsp3) is 0.500. The molecule has 19 heavy (non-hydrogen) atoms. The smallest absolute Gasteiger partial charge is 0.409 e. The van der Waals surface area contributed by atoms with Crippen LogP contribution in [0.15, 0.2) is 30.3 Å². The van der Waals surface area contributed by atoms with Gasteiger partial charge in [-0.3, -0.25) is 4.90 Å². The average Bonchev–Trinajstić information content (AvgIpc) is 2.65. The zero-order chi connectivity index (χ0) is 14.0. The van der Waals surface area contributed by atoms with Crippen LogP contribution in [0.3, 0.4) is 0 Å². The molecule has 5 nitrogen and oxygen atoms in total. The van der Waals surface area contributed by atoms with Crippen molar-refractivity contribution in [3.63, 3.8) is 0 Å².